The Hall–Kier alpha value is -1.85. The van der Waals surface area contributed by atoms with Crippen LogP contribution in [0.4, 0.5) is 0 Å². The quantitative estimate of drug-likeness (QED) is 0.213. The standard InChI is InChI=1S/C17H32N4O6S/c1-9(2)7-13(17(26)27)21-16(25)12(5-6-28-4)20-14(23)10(3)19-15(24)11(18)8-22/h9-13,22H,5-8,18H2,1-4H3,(H,19,24)(H,20,23)(H,21,25)(H,26,27). The molecule has 0 fully saturated rings. The van der Waals surface area contributed by atoms with Crippen LogP contribution in [-0.2, 0) is 19.2 Å². The van der Waals surface area contributed by atoms with Gasteiger partial charge in [0, 0.05) is 0 Å². The number of aliphatic hydroxyl groups excluding tert-OH is 1. The zero-order valence-electron chi connectivity index (χ0n) is 16.7. The second-order valence-corrected chi connectivity index (χ2v) is 7.88. The van der Waals surface area contributed by atoms with Crippen molar-refractivity contribution in [2.24, 2.45) is 11.7 Å². The second kappa shape index (κ2) is 13.3. The van der Waals surface area contributed by atoms with E-state index in [1.165, 1.54) is 18.7 Å². The van der Waals surface area contributed by atoms with Crippen LogP contribution in [0.25, 0.3) is 0 Å². The van der Waals surface area contributed by atoms with E-state index < -0.39 is 54.5 Å². The molecular weight excluding hydrogens is 388 g/mol. The lowest BCUT2D eigenvalue weighted by molar-refractivity contribution is -0.142. The molecule has 0 aliphatic rings. The van der Waals surface area contributed by atoms with E-state index >= 15 is 0 Å². The number of hydrogen-bond donors (Lipinski definition) is 6. The third kappa shape index (κ3) is 9.90. The highest BCUT2D eigenvalue weighted by molar-refractivity contribution is 7.98. The second-order valence-electron chi connectivity index (χ2n) is 6.89. The van der Waals surface area contributed by atoms with E-state index in [1.807, 2.05) is 20.1 Å². The molecule has 3 amide bonds. The number of carboxylic acid groups (broad SMARTS) is 1. The Labute approximate surface area is 169 Å². The van der Waals surface area contributed by atoms with E-state index in [0.29, 0.717) is 12.2 Å². The number of nitrogens with one attached hydrogen (secondary N) is 3. The zero-order valence-corrected chi connectivity index (χ0v) is 17.5. The largest absolute Gasteiger partial charge is 0.480 e. The number of carbonyl (C=O) groups is 4. The van der Waals surface area contributed by atoms with E-state index in [2.05, 4.69) is 16.0 Å². The van der Waals surface area contributed by atoms with Crippen LogP contribution in [0, 0.1) is 5.92 Å². The summed E-state index contributed by atoms with van der Waals surface area (Å²) < 4.78 is 0. The van der Waals surface area contributed by atoms with Crippen molar-refractivity contribution in [2.75, 3.05) is 18.6 Å². The summed E-state index contributed by atoms with van der Waals surface area (Å²) in [6.07, 6.45) is 2.40. The van der Waals surface area contributed by atoms with Crippen molar-refractivity contribution in [3.8, 4) is 0 Å². The molecule has 0 heterocycles. The molecule has 0 radical (unpaired) electrons. The normalized spacial score (nSPS) is 15.2. The summed E-state index contributed by atoms with van der Waals surface area (Å²) in [6, 6.07) is -4.14. The highest BCUT2D eigenvalue weighted by Gasteiger charge is 2.28. The maximum atomic E-state index is 12.5. The van der Waals surface area contributed by atoms with Gasteiger partial charge in [-0.2, -0.15) is 11.8 Å². The van der Waals surface area contributed by atoms with Crippen molar-refractivity contribution in [1.82, 2.24) is 16.0 Å². The lowest BCUT2D eigenvalue weighted by Crippen LogP contribution is -2.56. The Morgan fingerprint density at radius 3 is 2.00 bits per heavy atom. The SMILES string of the molecule is CSCCC(NC(=O)C(C)NC(=O)C(N)CO)C(=O)NC(CC(C)C)C(=O)O. The third-order valence-electron chi connectivity index (χ3n) is 3.85. The van der Waals surface area contributed by atoms with Crippen LogP contribution in [0.1, 0.15) is 33.6 Å². The highest BCUT2D eigenvalue weighted by Crippen LogP contribution is 2.07. The summed E-state index contributed by atoms with van der Waals surface area (Å²) in [6.45, 7) is 4.54. The molecule has 10 nitrogen and oxygen atoms in total. The Balaban J connectivity index is 5.04. The molecule has 0 rings (SSSR count). The first-order valence-corrected chi connectivity index (χ1v) is 10.4. The van der Waals surface area contributed by atoms with E-state index in [9.17, 15) is 24.3 Å². The van der Waals surface area contributed by atoms with E-state index in [0.717, 1.165) is 0 Å². The molecule has 4 unspecified atom stereocenters. The Morgan fingerprint density at radius 2 is 1.54 bits per heavy atom. The predicted octanol–water partition coefficient (Wildman–Crippen LogP) is -1.34. The van der Waals surface area contributed by atoms with E-state index in [-0.39, 0.29) is 12.3 Å². The van der Waals surface area contributed by atoms with E-state index in [4.69, 9.17) is 10.8 Å². The summed E-state index contributed by atoms with van der Waals surface area (Å²) in [4.78, 5) is 47.9. The molecule has 28 heavy (non-hydrogen) atoms. The Bertz CT molecular complexity index is 546. The molecule has 162 valence electrons. The molecule has 0 spiro atoms. The predicted molar refractivity (Wildman–Crippen MR) is 107 cm³/mol. The molecule has 0 aliphatic carbocycles. The number of aliphatic carboxylic acids is 1. The maximum absolute atomic E-state index is 12.5. The van der Waals surface area contributed by atoms with Crippen LogP contribution < -0.4 is 21.7 Å². The van der Waals surface area contributed by atoms with Crippen LogP contribution in [0.3, 0.4) is 0 Å². The third-order valence-corrected chi connectivity index (χ3v) is 4.49. The summed E-state index contributed by atoms with van der Waals surface area (Å²) >= 11 is 1.47. The molecule has 0 saturated carbocycles. The van der Waals surface area contributed by atoms with Crippen LogP contribution >= 0.6 is 11.8 Å². The Kier molecular flexibility index (Phi) is 12.5. The van der Waals surface area contributed by atoms with Crippen LogP contribution in [0.5, 0.6) is 0 Å². The van der Waals surface area contributed by atoms with Crippen LogP contribution in [-0.4, -0.2) is 76.7 Å². The van der Waals surface area contributed by atoms with Crippen molar-refractivity contribution in [1.29, 1.82) is 0 Å². The molecule has 0 bridgehead atoms. The number of carbonyl (C=O) groups excluding carboxylic acids is 3. The van der Waals surface area contributed by atoms with Crippen molar-refractivity contribution in [3.05, 3.63) is 0 Å². The molecule has 0 saturated heterocycles. The number of hydrogen-bond acceptors (Lipinski definition) is 7. The van der Waals surface area contributed by atoms with Crippen molar-refractivity contribution in [3.63, 3.8) is 0 Å². The molecule has 0 aliphatic heterocycles. The van der Waals surface area contributed by atoms with Gasteiger partial charge in [-0.25, -0.2) is 4.79 Å². The van der Waals surface area contributed by atoms with Gasteiger partial charge in [-0.05, 0) is 37.7 Å². The summed E-state index contributed by atoms with van der Waals surface area (Å²) in [5.74, 6) is -2.42. The number of rotatable bonds is 13. The zero-order chi connectivity index (χ0) is 21.9. The maximum Gasteiger partial charge on any atom is 0.326 e. The lowest BCUT2D eigenvalue weighted by Gasteiger charge is -2.24. The molecule has 0 aromatic rings. The van der Waals surface area contributed by atoms with Crippen molar-refractivity contribution >= 4 is 35.5 Å². The number of carboxylic acids is 1. The molecule has 0 aromatic heterocycles. The first-order chi connectivity index (χ1) is 13.0. The van der Waals surface area contributed by atoms with Gasteiger partial charge in [0.15, 0.2) is 0 Å². The molecular formula is C17H32N4O6S. The van der Waals surface area contributed by atoms with Crippen LogP contribution in [0.15, 0.2) is 0 Å². The fourth-order valence-electron chi connectivity index (χ4n) is 2.24. The van der Waals surface area contributed by atoms with Gasteiger partial charge in [0.1, 0.15) is 24.2 Å². The molecule has 11 heteroatoms. The van der Waals surface area contributed by atoms with Gasteiger partial charge < -0.3 is 31.9 Å². The minimum atomic E-state index is -1.15. The topological polar surface area (TPSA) is 171 Å². The minimum Gasteiger partial charge on any atom is -0.480 e. The average Bonchev–Trinajstić information content (AvgIpc) is 2.62. The molecule has 7 N–H and O–H groups in total. The fraction of sp³-hybridized carbons (Fsp3) is 0.765. The number of thioether (sulfide) groups is 1. The Morgan fingerprint density at radius 1 is 0.964 bits per heavy atom. The lowest BCUT2D eigenvalue weighted by atomic mass is 10.0. The van der Waals surface area contributed by atoms with Crippen molar-refractivity contribution in [2.45, 2.75) is 57.8 Å². The first kappa shape index (κ1) is 26.1. The van der Waals surface area contributed by atoms with Gasteiger partial charge in [0.2, 0.25) is 17.7 Å². The van der Waals surface area contributed by atoms with Gasteiger partial charge in [0.05, 0.1) is 6.61 Å². The number of aliphatic hydroxyl groups is 1. The summed E-state index contributed by atoms with van der Waals surface area (Å²) in [7, 11) is 0. The van der Waals surface area contributed by atoms with Gasteiger partial charge in [-0.15, -0.1) is 0 Å². The molecule has 4 atom stereocenters. The minimum absolute atomic E-state index is 0.0617. The number of amides is 3. The van der Waals surface area contributed by atoms with Gasteiger partial charge >= 0.3 is 5.97 Å². The smallest absolute Gasteiger partial charge is 0.326 e. The number of nitrogens with two attached hydrogens (primary N) is 1. The van der Waals surface area contributed by atoms with Gasteiger partial charge in [-0.1, -0.05) is 13.8 Å². The summed E-state index contributed by atoms with van der Waals surface area (Å²) in [5.41, 5.74) is 5.39. The fourth-order valence-corrected chi connectivity index (χ4v) is 2.71. The van der Waals surface area contributed by atoms with E-state index in [1.54, 1.807) is 0 Å². The van der Waals surface area contributed by atoms with Crippen LogP contribution in [0.2, 0.25) is 0 Å². The summed E-state index contributed by atoms with van der Waals surface area (Å²) in [5, 5.41) is 25.5. The van der Waals surface area contributed by atoms with Crippen molar-refractivity contribution < 1.29 is 29.4 Å². The first-order valence-electron chi connectivity index (χ1n) is 9.02. The molecule has 0 aromatic carbocycles. The van der Waals surface area contributed by atoms with Gasteiger partial charge in [0.25, 0.3) is 0 Å². The highest BCUT2D eigenvalue weighted by atomic mass is 32.2. The monoisotopic (exact) mass is 420 g/mol. The average molecular weight is 421 g/mol. The van der Waals surface area contributed by atoms with Gasteiger partial charge in [-0.3, -0.25) is 14.4 Å².